The van der Waals surface area contributed by atoms with Crippen molar-refractivity contribution in [2.45, 2.75) is 26.7 Å². The third kappa shape index (κ3) is 4.47. The van der Waals surface area contributed by atoms with Gasteiger partial charge in [-0.05, 0) is 23.6 Å². The van der Waals surface area contributed by atoms with Crippen LogP contribution in [0.25, 0.3) is 0 Å². The molecule has 23 heavy (non-hydrogen) atoms. The monoisotopic (exact) mass is 373 g/mol. The SMILES string of the molecule is CC(=O)Nc1cc(Cl)c(Oc2cc(C(C)C)c(Cl)nn2)c(Cl)c1. The van der Waals surface area contributed by atoms with Crippen molar-refractivity contribution in [2.24, 2.45) is 0 Å². The van der Waals surface area contributed by atoms with Crippen molar-refractivity contribution >= 4 is 46.4 Å². The van der Waals surface area contributed by atoms with E-state index in [-0.39, 0.29) is 33.5 Å². The van der Waals surface area contributed by atoms with Crippen LogP contribution in [0, 0.1) is 0 Å². The van der Waals surface area contributed by atoms with Gasteiger partial charge in [-0.3, -0.25) is 4.79 Å². The van der Waals surface area contributed by atoms with Crippen LogP contribution >= 0.6 is 34.8 Å². The summed E-state index contributed by atoms with van der Waals surface area (Å²) in [6.45, 7) is 5.35. The Morgan fingerprint density at radius 1 is 1.13 bits per heavy atom. The second-order valence-corrected chi connectivity index (χ2v) is 6.31. The van der Waals surface area contributed by atoms with Gasteiger partial charge in [0.1, 0.15) is 0 Å². The third-order valence-corrected chi connectivity index (χ3v) is 3.76. The Morgan fingerprint density at radius 2 is 1.74 bits per heavy atom. The summed E-state index contributed by atoms with van der Waals surface area (Å²) in [5.41, 5.74) is 1.28. The molecule has 0 bridgehead atoms. The van der Waals surface area contributed by atoms with E-state index in [1.54, 1.807) is 6.07 Å². The zero-order chi connectivity index (χ0) is 17.1. The molecule has 0 unspecified atom stereocenters. The Hall–Kier alpha value is -1.56. The number of carbonyl (C=O) groups is 1. The molecule has 0 saturated heterocycles. The predicted molar refractivity (Wildman–Crippen MR) is 92.0 cm³/mol. The molecule has 0 atom stereocenters. The number of halogens is 3. The van der Waals surface area contributed by atoms with Crippen LogP contribution in [-0.2, 0) is 4.79 Å². The van der Waals surface area contributed by atoms with E-state index < -0.39 is 0 Å². The first-order valence-electron chi connectivity index (χ1n) is 6.75. The number of carbonyl (C=O) groups excluding carboxylic acids is 1. The van der Waals surface area contributed by atoms with Crippen LogP contribution in [0.1, 0.15) is 32.3 Å². The van der Waals surface area contributed by atoms with Gasteiger partial charge in [-0.15, -0.1) is 10.2 Å². The number of anilines is 1. The van der Waals surface area contributed by atoms with Crippen molar-refractivity contribution in [3.05, 3.63) is 39.0 Å². The molecule has 0 spiro atoms. The first-order chi connectivity index (χ1) is 10.8. The number of ether oxygens (including phenoxy) is 1. The van der Waals surface area contributed by atoms with Crippen molar-refractivity contribution in [3.8, 4) is 11.6 Å². The van der Waals surface area contributed by atoms with Gasteiger partial charge < -0.3 is 10.1 Å². The summed E-state index contributed by atoms with van der Waals surface area (Å²) in [6, 6.07) is 4.77. The first kappa shape index (κ1) is 17.8. The highest BCUT2D eigenvalue weighted by Crippen LogP contribution is 2.39. The molecular weight excluding hydrogens is 361 g/mol. The maximum Gasteiger partial charge on any atom is 0.239 e. The van der Waals surface area contributed by atoms with Gasteiger partial charge in [0.15, 0.2) is 10.9 Å². The van der Waals surface area contributed by atoms with E-state index in [0.717, 1.165) is 5.56 Å². The summed E-state index contributed by atoms with van der Waals surface area (Å²) in [4.78, 5) is 11.1. The number of hydrogen-bond donors (Lipinski definition) is 1. The van der Waals surface area contributed by atoms with Crippen molar-refractivity contribution in [1.82, 2.24) is 10.2 Å². The van der Waals surface area contributed by atoms with Gasteiger partial charge in [0, 0.05) is 18.7 Å². The number of hydrogen-bond acceptors (Lipinski definition) is 4. The van der Waals surface area contributed by atoms with Crippen LogP contribution in [0.5, 0.6) is 11.6 Å². The lowest BCUT2D eigenvalue weighted by atomic mass is 10.1. The Balaban J connectivity index is 2.33. The summed E-state index contributed by atoms with van der Waals surface area (Å²) in [5, 5.41) is 11.1. The standard InChI is InChI=1S/C15H14Cl3N3O2/c1-7(2)10-6-13(20-21-15(10)18)23-14-11(16)4-9(5-12(14)17)19-8(3)22/h4-7H,1-3H3,(H,19,22). The Kier molecular flexibility index (Phi) is 5.68. The molecule has 5 nitrogen and oxygen atoms in total. The molecule has 0 saturated carbocycles. The number of amides is 1. The minimum absolute atomic E-state index is 0.161. The van der Waals surface area contributed by atoms with Gasteiger partial charge in [0.05, 0.1) is 10.0 Å². The second kappa shape index (κ2) is 7.34. The molecule has 0 aliphatic carbocycles. The molecule has 1 N–H and O–H groups in total. The van der Waals surface area contributed by atoms with Crippen LogP contribution in [-0.4, -0.2) is 16.1 Å². The first-order valence-corrected chi connectivity index (χ1v) is 7.89. The lowest BCUT2D eigenvalue weighted by molar-refractivity contribution is -0.114. The minimum atomic E-state index is -0.226. The van der Waals surface area contributed by atoms with Gasteiger partial charge in [0.25, 0.3) is 0 Å². The highest BCUT2D eigenvalue weighted by atomic mass is 35.5. The van der Waals surface area contributed by atoms with Gasteiger partial charge in [-0.25, -0.2) is 0 Å². The van der Waals surface area contributed by atoms with Gasteiger partial charge in [-0.2, -0.15) is 0 Å². The fourth-order valence-corrected chi connectivity index (χ4v) is 2.74. The van der Waals surface area contributed by atoms with Crippen molar-refractivity contribution in [2.75, 3.05) is 5.32 Å². The molecule has 1 aromatic heterocycles. The highest BCUT2D eigenvalue weighted by Gasteiger charge is 2.15. The number of aromatic nitrogens is 2. The van der Waals surface area contributed by atoms with E-state index >= 15 is 0 Å². The van der Waals surface area contributed by atoms with E-state index in [2.05, 4.69) is 15.5 Å². The lowest BCUT2D eigenvalue weighted by Crippen LogP contribution is -2.05. The van der Waals surface area contributed by atoms with Crippen LogP contribution in [0.15, 0.2) is 18.2 Å². The Labute approximate surface area is 148 Å². The molecule has 122 valence electrons. The molecule has 1 heterocycles. The maximum absolute atomic E-state index is 11.1. The molecule has 1 aromatic carbocycles. The zero-order valence-electron chi connectivity index (χ0n) is 12.7. The molecular formula is C15H14Cl3N3O2. The summed E-state index contributed by atoms with van der Waals surface area (Å²) < 4.78 is 5.64. The van der Waals surface area contributed by atoms with Gasteiger partial charge in [-0.1, -0.05) is 48.7 Å². The lowest BCUT2D eigenvalue weighted by Gasteiger charge is -2.12. The van der Waals surface area contributed by atoms with E-state index in [1.165, 1.54) is 19.1 Å². The maximum atomic E-state index is 11.1. The van der Waals surface area contributed by atoms with Crippen molar-refractivity contribution in [1.29, 1.82) is 0 Å². The highest BCUT2D eigenvalue weighted by molar-refractivity contribution is 6.37. The van der Waals surface area contributed by atoms with Crippen LogP contribution in [0.2, 0.25) is 15.2 Å². The number of rotatable bonds is 4. The summed E-state index contributed by atoms with van der Waals surface area (Å²) in [7, 11) is 0. The average molecular weight is 375 g/mol. The Morgan fingerprint density at radius 3 is 2.26 bits per heavy atom. The van der Waals surface area contributed by atoms with Gasteiger partial charge in [0.2, 0.25) is 11.8 Å². The number of benzene rings is 1. The molecule has 2 rings (SSSR count). The molecule has 0 aliphatic heterocycles. The largest absolute Gasteiger partial charge is 0.434 e. The molecule has 1 amide bonds. The number of nitrogens with zero attached hydrogens (tertiary/aromatic N) is 2. The normalized spacial score (nSPS) is 10.7. The van der Waals surface area contributed by atoms with E-state index in [4.69, 9.17) is 39.5 Å². The minimum Gasteiger partial charge on any atom is -0.434 e. The average Bonchev–Trinajstić information content (AvgIpc) is 2.43. The fourth-order valence-electron chi connectivity index (χ4n) is 1.86. The molecule has 8 heteroatoms. The van der Waals surface area contributed by atoms with Crippen LogP contribution < -0.4 is 10.1 Å². The van der Waals surface area contributed by atoms with Gasteiger partial charge >= 0.3 is 0 Å². The van der Waals surface area contributed by atoms with Crippen molar-refractivity contribution < 1.29 is 9.53 Å². The summed E-state index contributed by atoms with van der Waals surface area (Å²) in [6.07, 6.45) is 0. The van der Waals surface area contributed by atoms with E-state index in [9.17, 15) is 4.79 Å². The quantitative estimate of drug-likeness (QED) is 0.787. The van der Waals surface area contributed by atoms with Crippen LogP contribution in [0.4, 0.5) is 5.69 Å². The summed E-state index contributed by atoms with van der Waals surface area (Å²) in [5.74, 6) is 0.396. The number of nitrogens with one attached hydrogen (secondary N) is 1. The predicted octanol–water partition coefficient (Wildman–Crippen LogP) is 5.31. The third-order valence-electron chi connectivity index (χ3n) is 2.90. The smallest absolute Gasteiger partial charge is 0.239 e. The van der Waals surface area contributed by atoms with Crippen LogP contribution in [0.3, 0.4) is 0 Å². The molecule has 2 aromatic rings. The fraction of sp³-hybridized carbons (Fsp3) is 0.267. The summed E-state index contributed by atoms with van der Waals surface area (Å²) >= 11 is 18.3. The topological polar surface area (TPSA) is 64.1 Å². The Bertz CT molecular complexity index is 728. The van der Waals surface area contributed by atoms with E-state index in [0.29, 0.717) is 10.8 Å². The molecule has 0 fully saturated rings. The molecule has 0 aliphatic rings. The van der Waals surface area contributed by atoms with Crippen molar-refractivity contribution in [3.63, 3.8) is 0 Å². The van der Waals surface area contributed by atoms with E-state index in [1.807, 2.05) is 13.8 Å². The zero-order valence-corrected chi connectivity index (χ0v) is 14.9. The second-order valence-electron chi connectivity index (χ2n) is 5.14. The molecule has 0 radical (unpaired) electrons.